The number of nitrogens with two attached hydrogens (primary N) is 1. The number of anilines is 1. The molecule has 0 spiro atoms. The summed E-state index contributed by atoms with van der Waals surface area (Å²) >= 11 is 0. The number of imidazole rings is 1. The lowest BCUT2D eigenvalue weighted by molar-refractivity contribution is -0.0227. The number of hydrogen-bond donors (Lipinski definition) is 6. The van der Waals surface area contributed by atoms with Gasteiger partial charge < -0.3 is 35.2 Å². The van der Waals surface area contributed by atoms with Crippen molar-refractivity contribution in [1.29, 1.82) is 0 Å². The zero-order valence-electron chi connectivity index (χ0n) is 14.6. The molecule has 166 valence electrons. The Labute approximate surface area is 167 Å². The van der Waals surface area contributed by atoms with Gasteiger partial charge in [-0.1, -0.05) is 0 Å². The quantitative estimate of drug-likeness (QED) is 0.281. The first-order valence-electron chi connectivity index (χ1n) is 7.86. The third kappa shape index (κ3) is 5.58. The van der Waals surface area contributed by atoms with Crippen molar-refractivity contribution >= 4 is 40.2 Å². The SMILES string of the molecule is Nc1ncnc2c1ncn2[C@@H]1O[C@H](/C=C/P(=O)(O)OP(=O)(O)OP(=O)(O)O)C[C@H]1O. The highest BCUT2D eigenvalue weighted by molar-refractivity contribution is 7.69. The first-order valence-corrected chi connectivity index (χ1v) is 12.5. The maximum Gasteiger partial charge on any atom is 0.488 e. The largest absolute Gasteiger partial charge is 0.488 e. The van der Waals surface area contributed by atoms with Crippen LogP contribution in [0.4, 0.5) is 5.82 Å². The molecule has 3 rings (SSSR count). The van der Waals surface area contributed by atoms with Gasteiger partial charge in [0.1, 0.15) is 17.9 Å². The Morgan fingerprint density at radius 1 is 1.17 bits per heavy atom. The number of nitrogens with zero attached hydrogens (tertiary/aromatic N) is 4. The standard InChI is InChI=1S/C11H16N5O11P3/c12-9-8-10(14-4-13-9)16(5-15-8)11-7(17)3-6(25-11)1-2-28(18,19)26-30(23,24)27-29(20,21)22/h1-2,4-7,11,17H,3H2,(H,18,19)(H,23,24)(H2,12,13,14)(H2,20,21,22)/b2-1+/t6-,7-,11-/m1/s1. The molecule has 16 nitrogen and oxygen atoms in total. The number of nitrogen functional groups attached to an aromatic ring is 1. The summed E-state index contributed by atoms with van der Waals surface area (Å²) in [7, 11) is -16.0. The van der Waals surface area contributed by atoms with E-state index in [4.69, 9.17) is 25.2 Å². The number of aliphatic hydroxyl groups excluding tert-OH is 1. The smallest absolute Gasteiger partial charge is 0.388 e. The van der Waals surface area contributed by atoms with Crippen molar-refractivity contribution in [2.75, 3.05) is 5.73 Å². The predicted molar refractivity (Wildman–Crippen MR) is 97.3 cm³/mol. The van der Waals surface area contributed by atoms with Crippen LogP contribution in [0.1, 0.15) is 12.6 Å². The molecule has 1 saturated heterocycles. The number of fused-ring (bicyclic) bond motifs is 1. The van der Waals surface area contributed by atoms with Gasteiger partial charge in [0, 0.05) is 12.2 Å². The van der Waals surface area contributed by atoms with E-state index in [2.05, 4.69) is 23.6 Å². The van der Waals surface area contributed by atoms with Crippen LogP contribution in [0, 0.1) is 0 Å². The van der Waals surface area contributed by atoms with Crippen molar-refractivity contribution in [2.45, 2.75) is 24.9 Å². The number of aliphatic hydroxyl groups is 1. The zero-order valence-corrected chi connectivity index (χ0v) is 17.3. The van der Waals surface area contributed by atoms with E-state index in [0.717, 1.165) is 6.08 Å². The molecule has 2 aromatic rings. The molecule has 3 heterocycles. The molecule has 2 aromatic heterocycles. The van der Waals surface area contributed by atoms with E-state index in [9.17, 15) is 23.7 Å². The van der Waals surface area contributed by atoms with Crippen molar-refractivity contribution in [3.63, 3.8) is 0 Å². The Hall–Kier alpha value is -1.54. The summed E-state index contributed by atoms with van der Waals surface area (Å²) in [5, 5.41) is 10.3. The van der Waals surface area contributed by atoms with Crippen LogP contribution in [0.25, 0.3) is 11.2 Å². The van der Waals surface area contributed by atoms with Gasteiger partial charge >= 0.3 is 23.2 Å². The van der Waals surface area contributed by atoms with Crippen molar-refractivity contribution in [1.82, 2.24) is 19.5 Å². The van der Waals surface area contributed by atoms with E-state index in [1.54, 1.807) is 0 Å². The second-order valence-corrected chi connectivity index (χ2v) is 10.6. The van der Waals surface area contributed by atoms with Crippen LogP contribution in [0.15, 0.2) is 24.5 Å². The van der Waals surface area contributed by atoms with Crippen LogP contribution in [0.2, 0.25) is 0 Å². The molecule has 0 saturated carbocycles. The third-order valence-electron chi connectivity index (χ3n) is 3.70. The highest BCUT2D eigenvalue weighted by Gasteiger charge is 2.39. The molecule has 0 aliphatic carbocycles. The minimum atomic E-state index is -5.55. The molecule has 30 heavy (non-hydrogen) atoms. The topological polar surface area (TPSA) is 250 Å². The molecule has 7 N–H and O–H groups in total. The highest BCUT2D eigenvalue weighted by Crippen LogP contribution is 2.66. The average Bonchev–Trinajstić information content (AvgIpc) is 3.13. The molecular formula is C11H16N5O11P3. The number of aromatic nitrogens is 4. The number of rotatable bonds is 7. The molecule has 0 bridgehead atoms. The van der Waals surface area contributed by atoms with Crippen LogP contribution >= 0.6 is 23.2 Å². The highest BCUT2D eigenvalue weighted by atomic mass is 31.3. The average molecular weight is 487 g/mol. The van der Waals surface area contributed by atoms with E-state index in [-0.39, 0.29) is 23.4 Å². The monoisotopic (exact) mass is 487 g/mol. The lowest BCUT2D eigenvalue weighted by Gasteiger charge is -2.16. The maximum atomic E-state index is 11.9. The summed E-state index contributed by atoms with van der Waals surface area (Å²) in [6.07, 6.45) is 0.430. The lowest BCUT2D eigenvalue weighted by Crippen LogP contribution is -2.19. The lowest BCUT2D eigenvalue weighted by atomic mass is 10.2. The normalized spacial score (nSPS) is 26.8. The maximum absolute atomic E-state index is 11.9. The molecule has 0 amide bonds. The van der Waals surface area contributed by atoms with Crippen molar-refractivity contribution in [2.24, 2.45) is 0 Å². The van der Waals surface area contributed by atoms with E-state index in [0.29, 0.717) is 5.82 Å². The Morgan fingerprint density at radius 3 is 2.53 bits per heavy atom. The summed E-state index contributed by atoms with van der Waals surface area (Å²) in [5.41, 5.74) is 6.26. The molecule has 2 unspecified atom stereocenters. The van der Waals surface area contributed by atoms with Crippen LogP contribution in [-0.4, -0.2) is 56.4 Å². The van der Waals surface area contributed by atoms with E-state index >= 15 is 0 Å². The van der Waals surface area contributed by atoms with Crippen LogP contribution < -0.4 is 5.73 Å². The summed E-state index contributed by atoms with van der Waals surface area (Å²) < 4.78 is 48.2. The summed E-state index contributed by atoms with van der Waals surface area (Å²) in [6, 6.07) is 0. The van der Waals surface area contributed by atoms with Gasteiger partial charge in [-0.05, 0) is 6.08 Å². The molecular weight excluding hydrogens is 471 g/mol. The second kappa shape index (κ2) is 8.19. The number of phosphoric acid groups is 2. The fourth-order valence-electron chi connectivity index (χ4n) is 2.64. The van der Waals surface area contributed by atoms with E-state index in [1.807, 2.05) is 0 Å². The fraction of sp³-hybridized carbons (Fsp3) is 0.364. The number of hydrogen-bond acceptors (Lipinski definition) is 11. The molecule has 5 atom stereocenters. The van der Waals surface area contributed by atoms with Gasteiger partial charge in [-0.2, -0.15) is 4.31 Å². The third-order valence-corrected chi connectivity index (χ3v) is 7.68. The van der Waals surface area contributed by atoms with E-state index in [1.165, 1.54) is 17.2 Å². The first-order chi connectivity index (χ1) is 13.8. The second-order valence-electron chi connectivity index (χ2n) is 5.98. The Bertz CT molecular complexity index is 1120. The summed E-state index contributed by atoms with van der Waals surface area (Å²) in [5.74, 6) is 0.581. The van der Waals surface area contributed by atoms with E-state index < -0.39 is 41.7 Å². The van der Waals surface area contributed by atoms with Crippen molar-refractivity contribution in [3.8, 4) is 0 Å². The summed E-state index contributed by atoms with van der Waals surface area (Å²) in [6.45, 7) is 0. The van der Waals surface area contributed by atoms with Gasteiger partial charge in [-0.25, -0.2) is 28.4 Å². The Kier molecular flexibility index (Phi) is 6.31. The van der Waals surface area contributed by atoms with Crippen molar-refractivity contribution < 1.29 is 51.7 Å². The zero-order chi connectivity index (χ0) is 22.3. The van der Waals surface area contributed by atoms with Gasteiger partial charge in [0.15, 0.2) is 17.7 Å². The van der Waals surface area contributed by atoms with Crippen LogP contribution in [0.5, 0.6) is 0 Å². The number of ether oxygens (including phenoxy) is 1. The van der Waals surface area contributed by atoms with Gasteiger partial charge in [-0.3, -0.25) is 9.13 Å². The minimum Gasteiger partial charge on any atom is -0.388 e. The fourth-order valence-corrected chi connectivity index (χ4v) is 5.91. The van der Waals surface area contributed by atoms with Crippen LogP contribution in [-0.2, 0) is 27.1 Å². The molecule has 19 heteroatoms. The van der Waals surface area contributed by atoms with Gasteiger partial charge in [0.05, 0.1) is 12.4 Å². The van der Waals surface area contributed by atoms with Gasteiger partial charge in [-0.15, -0.1) is 0 Å². The first kappa shape index (κ1) is 23.1. The molecule has 1 aliphatic rings. The minimum absolute atomic E-state index is 0.0445. The van der Waals surface area contributed by atoms with Crippen LogP contribution in [0.3, 0.4) is 0 Å². The molecule has 0 radical (unpaired) electrons. The predicted octanol–water partition coefficient (Wildman–Crippen LogP) is -0.0177. The Balaban J connectivity index is 1.71. The molecule has 1 fully saturated rings. The van der Waals surface area contributed by atoms with Gasteiger partial charge in [0.25, 0.3) is 0 Å². The molecule has 1 aliphatic heterocycles. The Morgan fingerprint density at radius 2 is 1.87 bits per heavy atom. The summed E-state index contributed by atoms with van der Waals surface area (Å²) in [4.78, 5) is 47.6. The van der Waals surface area contributed by atoms with Gasteiger partial charge in [0.2, 0.25) is 0 Å². The molecule has 0 aromatic carbocycles. The van der Waals surface area contributed by atoms with Crippen molar-refractivity contribution in [3.05, 3.63) is 24.5 Å².